The lowest BCUT2D eigenvalue weighted by Crippen LogP contribution is -2.20. The van der Waals surface area contributed by atoms with Gasteiger partial charge in [-0.1, -0.05) is 46.4 Å². The van der Waals surface area contributed by atoms with E-state index in [1.54, 1.807) is 0 Å². The van der Waals surface area contributed by atoms with Gasteiger partial charge >= 0.3 is 0 Å². The molecule has 1 aromatic carbocycles. The maximum Gasteiger partial charge on any atom is 0.0462 e. The van der Waals surface area contributed by atoms with Crippen molar-refractivity contribution in [1.29, 1.82) is 0 Å². The Balaban J connectivity index is 1.80. The number of benzene rings is 1. The quantitative estimate of drug-likeness (QED) is 0.870. The van der Waals surface area contributed by atoms with Crippen LogP contribution in [0.25, 0.3) is 0 Å². The van der Waals surface area contributed by atoms with Gasteiger partial charge in [0.1, 0.15) is 0 Å². The van der Waals surface area contributed by atoms with Crippen LogP contribution in [0.1, 0.15) is 31.2 Å². The fourth-order valence-corrected chi connectivity index (χ4v) is 3.03. The SMILES string of the molecule is Clc1cc(Br)ccc1CNCC1CCCC1. The predicted molar refractivity (Wildman–Crippen MR) is 72.8 cm³/mol. The van der Waals surface area contributed by atoms with Crippen molar-refractivity contribution < 1.29 is 0 Å². The lowest BCUT2D eigenvalue weighted by molar-refractivity contribution is 0.489. The van der Waals surface area contributed by atoms with Crippen LogP contribution < -0.4 is 5.32 Å². The van der Waals surface area contributed by atoms with Gasteiger partial charge < -0.3 is 5.32 Å². The van der Waals surface area contributed by atoms with E-state index in [0.29, 0.717) is 0 Å². The molecule has 0 aromatic heterocycles. The van der Waals surface area contributed by atoms with Gasteiger partial charge in [-0.05, 0) is 43.0 Å². The molecule has 1 aliphatic carbocycles. The highest BCUT2D eigenvalue weighted by atomic mass is 79.9. The maximum absolute atomic E-state index is 6.15. The molecule has 0 aliphatic heterocycles. The molecule has 1 nitrogen and oxygen atoms in total. The highest BCUT2D eigenvalue weighted by molar-refractivity contribution is 9.10. The van der Waals surface area contributed by atoms with E-state index in [1.807, 2.05) is 12.1 Å². The molecule has 16 heavy (non-hydrogen) atoms. The Morgan fingerprint density at radius 3 is 2.75 bits per heavy atom. The molecule has 0 saturated heterocycles. The molecular weight excluding hydrogens is 286 g/mol. The fraction of sp³-hybridized carbons (Fsp3) is 0.538. The Labute approximate surface area is 111 Å². The van der Waals surface area contributed by atoms with Crippen molar-refractivity contribution in [3.63, 3.8) is 0 Å². The minimum Gasteiger partial charge on any atom is -0.312 e. The van der Waals surface area contributed by atoms with Gasteiger partial charge in [-0.25, -0.2) is 0 Å². The molecule has 0 heterocycles. The van der Waals surface area contributed by atoms with Crippen LogP contribution in [-0.2, 0) is 6.54 Å². The van der Waals surface area contributed by atoms with Crippen LogP contribution in [0.4, 0.5) is 0 Å². The lowest BCUT2D eigenvalue weighted by Gasteiger charge is -2.11. The van der Waals surface area contributed by atoms with E-state index in [2.05, 4.69) is 27.3 Å². The largest absolute Gasteiger partial charge is 0.312 e. The molecule has 0 spiro atoms. The summed E-state index contributed by atoms with van der Waals surface area (Å²) in [7, 11) is 0. The zero-order valence-electron chi connectivity index (χ0n) is 9.31. The van der Waals surface area contributed by atoms with Gasteiger partial charge in [-0.15, -0.1) is 0 Å². The summed E-state index contributed by atoms with van der Waals surface area (Å²) in [5, 5.41) is 4.35. The summed E-state index contributed by atoms with van der Waals surface area (Å²) < 4.78 is 1.04. The summed E-state index contributed by atoms with van der Waals surface area (Å²) in [6, 6.07) is 6.07. The van der Waals surface area contributed by atoms with E-state index >= 15 is 0 Å². The third kappa shape index (κ3) is 3.47. The van der Waals surface area contributed by atoms with Crippen molar-refractivity contribution in [2.24, 2.45) is 5.92 Å². The zero-order valence-corrected chi connectivity index (χ0v) is 11.6. The van der Waals surface area contributed by atoms with E-state index in [0.717, 1.165) is 28.5 Å². The van der Waals surface area contributed by atoms with Crippen LogP contribution in [0.3, 0.4) is 0 Å². The highest BCUT2D eigenvalue weighted by Crippen LogP contribution is 2.24. The Kier molecular flexibility index (Phi) is 4.68. The highest BCUT2D eigenvalue weighted by Gasteiger charge is 2.14. The standard InChI is InChI=1S/C13H17BrClN/c14-12-6-5-11(13(15)7-12)9-16-8-10-3-1-2-4-10/h5-7,10,16H,1-4,8-9H2. The van der Waals surface area contributed by atoms with E-state index < -0.39 is 0 Å². The van der Waals surface area contributed by atoms with Gasteiger partial charge in [0.2, 0.25) is 0 Å². The number of hydrogen-bond acceptors (Lipinski definition) is 1. The van der Waals surface area contributed by atoms with Gasteiger partial charge in [-0.3, -0.25) is 0 Å². The molecule has 1 fully saturated rings. The van der Waals surface area contributed by atoms with E-state index in [9.17, 15) is 0 Å². The average Bonchev–Trinajstić information content (AvgIpc) is 2.74. The number of halogens is 2. The first-order chi connectivity index (χ1) is 7.75. The van der Waals surface area contributed by atoms with Crippen molar-refractivity contribution in [1.82, 2.24) is 5.32 Å². The molecule has 1 N–H and O–H groups in total. The Morgan fingerprint density at radius 1 is 1.31 bits per heavy atom. The molecule has 0 amide bonds. The Hall–Kier alpha value is -0.0500. The maximum atomic E-state index is 6.15. The van der Waals surface area contributed by atoms with Gasteiger partial charge in [0.15, 0.2) is 0 Å². The fourth-order valence-electron chi connectivity index (χ4n) is 2.29. The van der Waals surface area contributed by atoms with Crippen molar-refractivity contribution in [2.45, 2.75) is 32.2 Å². The smallest absolute Gasteiger partial charge is 0.0462 e. The molecule has 88 valence electrons. The summed E-state index contributed by atoms with van der Waals surface area (Å²) in [4.78, 5) is 0. The van der Waals surface area contributed by atoms with Crippen molar-refractivity contribution in [3.8, 4) is 0 Å². The molecule has 1 aliphatic rings. The third-order valence-electron chi connectivity index (χ3n) is 3.24. The Morgan fingerprint density at radius 2 is 2.06 bits per heavy atom. The second-order valence-corrected chi connectivity index (χ2v) is 5.84. The van der Waals surface area contributed by atoms with Crippen LogP contribution in [0.5, 0.6) is 0 Å². The molecule has 0 bridgehead atoms. The first-order valence-electron chi connectivity index (χ1n) is 5.90. The average molecular weight is 303 g/mol. The van der Waals surface area contributed by atoms with Crippen LogP contribution >= 0.6 is 27.5 Å². The van der Waals surface area contributed by atoms with Gasteiger partial charge in [0.25, 0.3) is 0 Å². The minimum absolute atomic E-state index is 0.841. The molecule has 0 unspecified atom stereocenters. The van der Waals surface area contributed by atoms with Crippen molar-refractivity contribution in [2.75, 3.05) is 6.54 Å². The first kappa shape index (κ1) is 12.4. The number of rotatable bonds is 4. The molecule has 1 saturated carbocycles. The van der Waals surface area contributed by atoms with Crippen LogP contribution in [-0.4, -0.2) is 6.54 Å². The molecule has 1 aromatic rings. The molecule has 2 rings (SSSR count). The van der Waals surface area contributed by atoms with E-state index in [4.69, 9.17) is 11.6 Å². The molecule has 0 atom stereocenters. The number of nitrogens with one attached hydrogen (secondary N) is 1. The van der Waals surface area contributed by atoms with E-state index in [-0.39, 0.29) is 0 Å². The van der Waals surface area contributed by atoms with E-state index in [1.165, 1.54) is 31.2 Å². The summed E-state index contributed by atoms with van der Waals surface area (Å²) in [5.41, 5.74) is 1.18. The van der Waals surface area contributed by atoms with Gasteiger partial charge in [0.05, 0.1) is 0 Å². The monoisotopic (exact) mass is 301 g/mol. The third-order valence-corrected chi connectivity index (χ3v) is 4.08. The second kappa shape index (κ2) is 6.04. The molecule has 0 radical (unpaired) electrons. The second-order valence-electron chi connectivity index (χ2n) is 4.52. The lowest BCUT2D eigenvalue weighted by atomic mass is 10.1. The number of hydrogen-bond donors (Lipinski definition) is 1. The zero-order chi connectivity index (χ0) is 11.4. The topological polar surface area (TPSA) is 12.0 Å². The normalized spacial score (nSPS) is 16.9. The van der Waals surface area contributed by atoms with Gasteiger partial charge in [-0.2, -0.15) is 0 Å². The van der Waals surface area contributed by atoms with Crippen LogP contribution in [0.2, 0.25) is 5.02 Å². The summed E-state index contributed by atoms with van der Waals surface area (Å²) in [5.74, 6) is 0.884. The van der Waals surface area contributed by atoms with Crippen molar-refractivity contribution in [3.05, 3.63) is 33.3 Å². The first-order valence-corrected chi connectivity index (χ1v) is 7.07. The molecule has 3 heteroatoms. The van der Waals surface area contributed by atoms with Crippen molar-refractivity contribution >= 4 is 27.5 Å². The summed E-state index contributed by atoms with van der Waals surface area (Å²) in [6.07, 6.45) is 5.60. The van der Waals surface area contributed by atoms with Gasteiger partial charge in [0, 0.05) is 16.0 Å². The predicted octanol–water partition coefficient (Wildman–Crippen LogP) is 4.38. The summed E-state index contributed by atoms with van der Waals surface area (Å²) in [6.45, 7) is 2.01. The van der Waals surface area contributed by atoms with Crippen LogP contribution in [0.15, 0.2) is 22.7 Å². The molecular formula is C13H17BrClN. The summed E-state index contributed by atoms with van der Waals surface area (Å²) >= 11 is 9.57. The minimum atomic E-state index is 0.841. The Bertz CT molecular complexity index is 348. The van der Waals surface area contributed by atoms with Crippen LogP contribution in [0, 0.1) is 5.92 Å².